The number of rotatable bonds is 4. The van der Waals surface area contributed by atoms with Crippen LogP contribution in [0.25, 0.3) is 0 Å². The van der Waals surface area contributed by atoms with Crippen molar-refractivity contribution in [2.75, 3.05) is 5.32 Å². The molecule has 3 nitrogen and oxygen atoms in total. The van der Waals surface area contributed by atoms with Gasteiger partial charge in [0.05, 0.1) is 11.9 Å². The van der Waals surface area contributed by atoms with Gasteiger partial charge in [-0.2, -0.15) is 5.10 Å². The lowest BCUT2D eigenvalue weighted by Crippen LogP contribution is -2.14. The molecule has 16 heavy (non-hydrogen) atoms. The summed E-state index contributed by atoms with van der Waals surface area (Å²) >= 11 is 0. The summed E-state index contributed by atoms with van der Waals surface area (Å²) in [6.07, 6.45) is 8.04. The van der Waals surface area contributed by atoms with E-state index in [0.717, 1.165) is 12.5 Å². The molecule has 0 spiro atoms. The smallest absolute Gasteiger partial charge is 0.0728 e. The van der Waals surface area contributed by atoms with Crippen molar-refractivity contribution in [3.8, 4) is 0 Å². The molecular weight excluding hydrogens is 198 g/mol. The van der Waals surface area contributed by atoms with Gasteiger partial charge >= 0.3 is 0 Å². The Balaban J connectivity index is 1.87. The van der Waals surface area contributed by atoms with Gasteiger partial charge in [-0.15, -0.1) is 0 Å². The van der Waals surface area contributed by atoms with E-state index in [4.69, 9.17) is 0 Å². The van der Waals surface area contributed by atoms with Crippen molar-refractivity contribution in [2.24, 2.45) is 11.8 Å². The number of nitrogens with zero attached hydrogens (tertiary/aromatic N) is 2. The molecule has 1 fully saturated rings. The van der Waals surface area contributed by atoms with Gasteiger partial charge in [0.25, 0.3) is 0 Å². The number of hydrogen-bond donors (Lipinski definition) is 1. The van der Waals surface area contributed by atoms with E-state index in [1.807, 2.05) is 10.9 Å². The standard InChI is InChI=1S/C13H23N3/c1-10(2)8-16-9-13(7-14-16)15-12-5-4-11(3)6-12/h7,9-12,15H,4-6,8H2,1-3H3. The van der Waals surface area contributed by atoms with Gasteiger partial charge < -0.3 is 5.32 Å². The van der Waals surface area contributed by atoms with Crippen LogP contribution in [0.3, 0.4) is 0 Å². The first-order valence-electron chi connectivity index (χ1n) is 6.42. The molecule has 1 aliphatic rings. The largest absolute Gasteiger partial charge is 0.380 e. The molecule has 1 aliphatic carbocycles. The molecule has 0 aromatic carbocycles. The normalized spacial score (nSPS) is 25.2. The molecule has 2 unspecified atom stereocenters. The SMILES string of the molecule is CC(C)Cn1cc(NC2CCC(C)C2)cn1. The lowest BCUT2D eigenvalue weighted by Gasteiger charge is -2.11. The maximum absolute atomic E-state index is 4.37. The van der Waals surface area contributed by atoms with Crippen LogP contribution >= 0.6 is 0 Å². The van der Waals surface area contributed by atoms with Crippen LogP contribution in [-0.4, -0.2) is 15.8 Å². The molecule has 1 aromatic heterocycles. The van der Waals surface area contributed by atoms with Crippen molar-refractivity contribution in [2.45, 2.75) is 52.6 Å². The van der Waals surface area contributed by atoms with E-state index in [0.29, 0.717) is 12.0 Å². The first kappa shape index (κ1) is 11.5. The highest BCUT2D eigenvalue weighted by Crippen LogP contribution is 2.27. The molecule has 90 valence electrons. The lowest BCUT2D eigenvalue weighted by atomic mass is 10.1. The first-order valence-corrected chi connectivity index (χ1v) is 6.42. The van der Waals surface area contributed by atoms with Gasteiger partial charge in [0.2, 0.25) is 0 Å². The quantitative estimate of drug-likeness (QED) is 0.846. The molecule has 2 atom stereocenters. The van der Waals surface area contributed by atoms with E-state index >= 15 is 0 Å². The highest BCUT2D eigenvalue weighted by molar-refractivity contribution is 5.39. The van der Waals surface area contributed by atoms with Crippen LogP contribution in [0.2, 0.25) is 0 Å². The highest BCUT2D eigenvalue weighted by atomic mass is 15.3. The molecule has 1 aromatic rings. The Kier molecular flexibility index (Phi) is 3.52. The van der Waals surface area contributed by atoms with Crippen molar-refractivity contribution in [3.63, 3.8) is 0 Å². The molecule has 1 heterocycles. The minimum atomic E-state index is 0.652. The number of hydrogen-bond acceptors (Lipinski definition) is 2. The Bertz CT molecular complexity index is 330. The van der Waals surface area contributed by atoms with E-state index in [1.54, 1.807) is 0 Å². The number of nitrogens with one attached hydrogen (secondary N) is 1. The van der Waals surface area contributed by atoms with Gasteiger partial charge in [-0.05, 0) is 31.1 Å². The number of aromatic nitrogens is 2. The molecule has 0 radical (unpaired) electrons. The van der Waals surface area contributed by atoms with Gasteiger partial charge in [0.1, 0.15) is 0 Å². The van der Waals surface area contributed by atoms with Crippen LogP contribution in [0.5, 0.6) is 0 Å². The Morgan fingerprint density at radius 2 is 2.31 bits per heavy atom. The van der Waals surface area contributed by atoms with Gasteiger partial charge in [-0.25, -0.2) is 0 Å². The average Bonchev–Trinajstić information content (AvgIpc) is 2.76. The molecule has 3 heteroatoms. The second-order valence-electron chi connectivity index (χ2n) is 5.60. The summed E-state index contributed by atoms with van der Waals surface area (Å²) in [5, 5.41) is 7.95. The monoisotopic (exact) mass is 221 g/mol. The summed E-state index contributed by atoms with van der Waals surface area (Å²) in [6.45, 7) is 7.77. The van der Waals surface area contributed by atoms with Crippen molar-refractivity contribution in [1.29, 1.82) is 0 Å². The topological polar surface area (TPSA) is 29.9 Å². The van der Waals surface area contributed by atoms with Crippen molar-refractivity contribution in [3.05, 3.63) is 12.4 Å². The Morgan fingerprint density at radius 3 is 2.94 bits per heavy atom. The number of anilines is 1. The van der Waals surface area contributed by atoms with Crippen LogP contribution in [0, 0.1) is 11.8 Å². The van der Waals surface area contributed by atoms with E-state index in [1.165, 1.54) is 24.9 Å². The summed E-state index contributed by atoms with van der Waals surface area (Å²) in [6, 6.07) is 0.659. The van der Waals surface area contributed by atoms with Crippen LogP contribution in [0.15, 0.2) is 12.4 Å². The van der Waals surface area contributed by atoms with Crippen molar-refractivity contribution in [1.82, 2.24) is 9.78 Å². The fraction of sp³-hybridized carbons (Fsp3) is 0.769. The molecule has 1 saturated carbocycles. The van der Waals surface area contributed by atoms with Crippen LogP contribution in [0.1, 0.15) is 40.0 Å². The second-order valence-corrected chi connectivity index (χ2v) is 5.60. The van der Waals surface area contributed by atoms with Gasteiger partial charge in [-0.3, -0.25) is 4.68 Å². The second kappa shape index (κ2) is 4.89. The summed E-state index contributed by atoms with van der Waals surface area (Å²) < 4.78 is 2.03. The maximum atomic E-state index is 4.37. The molecule has 1 N–H and O–H groups in total. The van der Waals surface area contributed by atoms with E-state index < -0.39 is 0 Å². The summed E-state index contributed by atoms with van der Waals surface area (Å²) in [5.74, 6) is 1.53. The Morgan fingerprint density at radius 1 is 1.50 bits per heavy atom. The van der Waals surface area contributed by atoms with E-state index in [9.17, 15) is 0 Å². The average molecular weight is 221 g/mol. The van der Waals surface area contributed by atoms with E-state index in [2.05, 4.69) is 37.4 Å². The molecule has 0 saturated heterocycles. The fourth-order valence-electron chi connectivity index (χ4n) is 2.49. The first-order chi connectivity index (χ1) is 7.63. The molecular formula is C13H23N3. The lowest BCUT2D eigenvalue weighted by molar-refractivity contribution is 0.483. The summed E-state index contributed by atoms with van der Waals surface area (Å²) in [5.41, 5.74) is 1.18. The van der Waals surface area contributed by atoms with Gasteiger partial charge in [0.15, 0.2) is 0 Å². The van der Waals surface area contributed by atoms with Crippen molar-refractivity contribution >= 4 is 5.69 Å². The molecule has 0 bridgehead atoms. The zero-order valence-corrected chi connectivity index (χ0v) is 10.6. The molecule has 0 amide bonds. The zero-order chi connectivity index (χ0) is 11.5. The van der Waals surface area contributed by atoms with Crippen molar-refractivity contribution < 1.29 is 0 Å². The minimum Gasteiger partial charge on any atom is -0.380 e. The summed E-state index contributed by atoms with van der Waals surface area (Å²) in [7, 11) is 0. The van der Waals surface area contributed by atoms with Gasteiger partial charge in [0, 0.05) is 18.8 Å². The molecule has 2 rings (SSSR count). The Labute approximate surface area is 98.2 Å². The predicted octanol–water partition coefficient (Wildman–Crippen LogP) is 3.14. The molecule has 0 aliphatic heterocycles. The highest BCUT2D eigenvalue weighted by Gasteiger charge is 2.21. The maximum Gasteiger partial charge on any atom is 0.0728 e. The van der Waals surface area contributed by atoms with Crippen LogP contribution < -0.4 is 5.32 Å². The van der Waals surface area contributed by atoms with Crippen LogP contribution in [0.4, 0.5) is 5.69 Å². The Hall–Kier alpha value is -0.990. The van der Waals surface area contributed by atoms with Crippen LogP contribution in [-0.2, 0) is 6.54 Å². The zero-order valence-electron chi connectivity index (χ0n) is 10.6. The minimum absolute atomic E-state index is 0.652. The third-order valence-electron chi connectivity index (χ3n) is 3.25. The summed E-state index contributed by atoms with van der Waals surface area (Å²) in [4.78, 5) is 0. The fourth-order valence-corrected chi connectivity index (χ4v) is 2.49. The predicted molar refractivity (Wildman–Crippen MR) is 67.5 cm³/mol. The van der Waals surface area contributed by atoms with E-state index in [-0.39, 0.29) is 0 Å². The van der Waals surface area contributed by atoms with Gasteiger partial charge in [-0.1, -0.05) is 20.8 Å². The third-order valence-corrected chi connectivity index (χ3v) is 3.25. The third kappa shape index (κ3) is 3.00.